The van der Waals surface area contributed by atoms with Crippen molar-refractivity contribution in [1.29, 1.82) is 0 Å². The molecule has 0 unspecified atom stereocenters. The van der Waals surface area contributed by atoms with Crippen LogP contribution in [0.4, 0.5) is 5.69 Å². The molecule has 1 aliphatic carbocycles. The van der Waals surface area contributed by atoms with Crippen molar-refractivity contribution in [1.82, 2.24) is 20.0 Å². The summed E-state index contributed by atoms with van der Waals surface area (Å²) in [4.78, 5) is 6.90. The number of aryl methyl sites for hydroxylation is 1. The summed E-state index contributed by atoms with van der Waals surface area (Å²) in [6.45, 7) is 5.26. The van der Waals surface area contributed by atoms with E-state index in [0.29, 0.717) is 5.41 Å². The molecule has 3 heterocycles. The monoisotopic (exact) mass is 283 g/mol. The number of rotatable bonds is 3. The zero-order valence-corrected chi connectivity index (χ0v) is 12.5. The molecule has 2 aromatic rings. The lowest BCUT2D eigenvalue weighted by atomic mass is 9.68. The Morgan fingerprint density at radius 2 is 2.14 bits per heavy atom. The fourth-order valence-electron chi connectivity index (χ4n) is 3.57. The van der Waals surface area contributed by atoms with Crippen LogP contribution in [0.5, 0.6) is 0 Å². The van der Waals surface area contributed by atoms with Crippen molar-refractivity contribution >= 4 is 5.69 Å². The Hall–Kier alpha value is -1.91. The summed E-state index contributed by atoms with van der Waals surface area (Å²) in [6.07, 6.45) is 11.4. The molecule has 0 aromatic carbocycles. The zero-order valence-electron chi connectivity index (χ0n) is 12.5. The summed E-state index contributed by atoms with van der Waals surface area (Å²) < 4.78 is 1.85. The molecule has 4 rings (SSSR count). The Balaban J connectivity index is 1.58. The first-order valence-corrected chi connectivity index (χ1v) is 7.89. The number of anilines is 1. The van der Waals surface area contributed by atoms with E-state index in [1.807, 2.05) is 23.3 Å². The SMILES string of the molecule is CCn1cc(-c2cncc(N3CCC4(CCC4)C3)c2)nn1. The van der Waals surface area contributed by atoms with Gasteiger partial charge < -0.3 is 4.90 Å². The summed E-state index contributed by atoms with van der Waals surface area (Å²) in [6, 6.07) is 2.20. The largest absolute Gasteiger partial charge is 0.370 e. The highest BCUT2D eigenvalue weighted by atomic mass is 15.4. The Labute approximate surface area is 125 Å². The van der Waals surface area contributed by atoms with Crippen LogP contribution in [0, 0.1) is 5.41 Å². The van der Waals surface area contributed by atoms with Crippen LogP contribution in [0.2, 0.25) is 0 Å². The molecule has 0 bridgehead atoms. The molecular weight excluding hydrogens is 262 g/mol. The summed E-state index contributed by atoms with van der Waals surface area (Å²) in [5, 5.41) is 8.34. The predicted octanol–water partition coefficient (Wildman–Crippen LogP) is 2.74. The molecule has 1 aliphatic heterocycles. The number of nitrogens with zero attached hydrogens (tertiary/aromatic N) is 5. The van der Waals surface area contributed by atoms with Crippen molar-refractivity contribution < 1.29 is 0 Å². The summed E-state index contributed by atoms with van der Waals surface area (Å²) in [7, 11) is 0. The summed E-state index contributed by atoms with van der Waals surface area (Å²) in [5.74, 6) is 0. The van der Waals surface area contributed by atoms with E-state index in [1.165, 1.54) is 37.9 Å². The molecule has 0 amide bonds. The van der Waals surface area contributed by atoms with Crippen LogP contribution >= 0.6 is 0 Å². The second-order valence-electron chi connectivity index (χ2n) is 6.42. The molecule has 1 spiro atoms. The third-order valence-electron chi connectivity index (χ3n) is 5.10. The second kappa shape index (κ2) is 4.83. The fourth-order valence-corrected chi connectivity index (χ4v) is 3.57. The van der Waals surface area contributed by atoms with E-state index in [-0.39, 0.29) is 0 Å². The number of aromatic nitrogens is 4. The van der Waals surface area contributed by atoms with Gasteiger partial charge in [0.15, 0.2) is 0 Å². The second-order valence-corrected chi connectivity index (χ2v) is 6.42. The molecule has 5 nitrogen and oxygen atoms in total. The van der Waals surface area contributed by atoms with Crippen LogP contribution < -0.4 is 4.90 Å². The topological polar surface area (TPSA) is 46.8 Å². The van der Waals surface area contributed by atoms with Gasteiger partial charge in [-0.1, -0.05) is 11.6 Å². The van der Waals surface area contributed by atoms with Crippen LogP contribution in [-0.4, -0.2) is 33.1 Å². The molecule has 1 saturated heterocycles. The first-order valence-electron chi connectivity index (χ1n) is 7.89. The predicted molar refractivity (Wildman–Crippen MR) is 82.0 cm³/mol. The van der Waals surface area contributed by atoms with Crippen LogP contribution in [-0.2, 0) is 6.54 Å². The molecule has 0 atom stereocenters. The summed E-state index contributed by atoms with van der Waals surface area (Å²) in [5.41, 5.74) is 3.80. The Morgan fingerprint density at radius 1 is 1.24 bits per heavy atom. The van der Waals surface area contributed by atoms with E-state index in [9.17, 15) is 0 Å². The van der Waals surface area contributed by atoms with Gasteiger partial charge >= 0.3 is 0 Å². The van der Waals surface area contributed by atoms with Gasteiger partial charge in [-0.2, -0.15) is 0 Å². The normalized spacial score (nSPS) is 20.0. The van der Waals surface area contributed by atoms with Gasteiger partial charge in [0.2, 0.25) is 0 Å². The third kappa shape index (κ3) is 2.20. The van der Waals surface area contributed by atoms with E-state index in [0.717, 1.165) is 24.3 Å². The molecule has 2 aromatic heterocycles. The molecular formula is C16H21N5. The van der Waals surface area contributed by atoms with Gasteiger partial charge in [-0.15, -0.1) is 5.10 Å². The molecule has 2 fully saturated rings. The van der Waals surface area contributed by atoms with Crippen LogP contribution in [0.15, 0.2) is 24.7 Å². The van der Waals surface area contributed by atoms with Crippen molar-refractivity contribution in [3.8, 4) is 11.3 Å². The molecule has 5 heteroatoms. The first kappa shape index (κ1) is 12.8. The third-order valence-corrected chi connectivity index (χ3v) is 5.10. The lowest BCUT2D eigenvalue weighted by Crippen LogP contribution is -2.33. The minimum atomic E-state index is 0.612. The first-order chi connectivity index (χ1) is 10.3. The molecule has 0 N–H and O–H groups in total. The molecule has 0 radical (unpaired) electrons. The van der Waals surface area contributed by atoms with Crippen LogP contribution in [0.1, 0.15) is 32.6 Å². The van der Waals surface area contributed by atoms with Gasteiger partial charge in [0.1, 0.15) is 5.69 Å². The average molecular weight is 283 g/mol. The number of hydrogen-bond donors (Lipinski definition) is 0. The maximum absolute atomic E-state index is 4.41. The van der Waals surface area contributed by atoms with E-state index in [1.54, 1.807) is 0 Å². The maximum Gasteiger partial charge on any atom is 0.114 e. The van der Waals surface area contributed by atoms with Gasteiger partial charge in [0, 0.05) is 31.4 Å². The Bertz CT molecular complexity index is 644. The van der Waals surface area contributed by atoms with Crippen molar-refractivity contribution in [2.75, 3.05) is 18.0 Å². The van der Waals surface area contributed by atoms with E-state index < -0.39 is 0 Å². The standard InChI is InChI=1S/C16H21N5/c1-2-21-11-15(18-19-21)13-8-14(10-17-9-13)20-7-6-16(12-20)4-3-5-16/h8-11H,2-7,12H2,1H3. The zero-order chi connectivity index (χ0) is 14.3. The highest BCUT2D eigenvalue weighted by Crippen LogP contribution is 2.48. The van der Waals surface area contributed by atoms with Gasteiger partial charge in [-0.25, -0.2) is 0 Å². The van der Waals surface area contributed by atoms with Gasteiger partial charge in [0.25, 0.3) is 0 Å². The van der Waals surface area contributed by atoms with E-state index in [4.69, 9.17) is 0 Å². The quantitative estimate of drug-likeness (QED) is 0.869. The molecule has 2 aliphatic rings. The average Bonchev–Trinajstić information content (AvgIpc) is 3.14. The van der Waals surface area contributed by atoms with Crippen LogP contribution in [0.3, 0.4) is 0 Å². The molecule has 110 valence electrons. The van der Waals surface area contributed by atoms with Crippen molar-refractivity contribution in [3.05, 3.63) is 24.7 Å². The highest BCUT2D eigenvalue weighted by Gasteiger charge is 2.42. The van der Waals surface area contributed by atoms with Crippen molar-refractivity contribution in [3.63, 3.8) is 0 Å². The van der Waals surface area contributed by atoms with Crippen molar-refractivity contribution in [2.45, 2.75) is 39.2 Å². The molecule has 21 heavy (non-hydrogen) atoms. The minimum Gasteiger partial charge on any atom is -0.370 e. The summed E-state index contributed by atoms with van der Waals surface area (Å²) >= 11 is 0. The van der Waals surface area contributed by atoms with Crippen LogP contribution in [0.25, 0.3) is 11.3 Å². The number of pyridine rings is 1. The van der Waals surface area contributed by atoms with Gasteiger partial charge in [-0.05, 0) is 37.7 Å². The van der Waals surface area contributed by atoms with Gasteiger partial charge in [0.05, 0.1) is 18.1 Å². The Kier molecular flexibility index (Phi) is 2.94. The smallest absolute Gasteiger partial charge is 0.114 e. The fraction of sp³-hybridized carbons (Fsp3) is 0.562. The van der Waals surface area contributed by atoms with Crippen molar-refractivity contribution in [2.24, 2.45) is 5.41 Å². The Morgan fingerprint density at radius 3 is 2.81 bits per heavy atom. The molecule has 1 saturated carbocycles. The maximum atomic E-state index is 4.41. The lowest BCUT2D eigenvalue weighted by Gasteiger charge is -2.38. The lowest BCUT2D eigenvalue weighted by molar-refractivity contribution is 0.165. The van der Waals surface area contributed by atoms with Gasteiger partial charge in [-0.3, -0.25) is 9.67 Å². The van der Waals surface area contributed by atoms with E-state index in [2.05, 4.69) is 33.2 Å². The minimum absolute atomic E-state index is 0.612. The highest BCUT2D eigenvalue weighted by molar-refractivity contribution is 5.63. The number of hydrogen-bond acceptors (Lipinski definition) is 4. The van der Waals surface area contributed by atoms with E-state index >= 15 is 0 Å².